The number of ketones is 1. The molecule has 0 aromatic carbocycles. The molecule has 0 radical (unpaired) electrons. The Morgan fingerprint density at radius 2 is 1.71 bits per heavy atom. The molecule has 188 valence electrons. The predicted molar refractivity (Wildman–Crippen MR) is 118 cm³/mol. The topological polar surface area (TPSA) is 108 Å². The van der Waals surface area contributed by atoms with Gasteiger partial charge in [-0.15, -0.1) is 0 Å². The van der Waals surface area contributed by atoms with Gasteiger partial charge in [0.05, 0.1) is 7.11 Å². The van der Waals surface area contributed by atoms with E-state index in [0.717, 1.165) is 12.8 Å². The van der Waals surface area contributed by atoms with Crippen LogP contribution in [-0.2, 0) is 38.1 Å². The molecule has 0 aromatic heterocycles. The number of carbonyl (C=O) groups is 4. The Morgan fingerprint density at radius 3 is 2.32 bits per heavy atom. The average Bonchev–Trinajstić information content (AvgIpc) is 3.53. The molecule has 0 amide bonds. The van der Waals surface area contributed by atoms with Crippen LogP contribution in [0.3, 0.4) is 0 Å². The van der Waals surface area contributed by atoms with Crippen molar-refractivity contribution in [3.05, 3.63) is 0 Å². The SMILES string of the molecule is COC(=O)[C@@H]1OC(=O)C2OC23[C@@]1(C)CCC1[C@@]2(C)CCC(=O)C(C)(C)C2C[C@@H](OC(C)=O)[C@]13C. The Kier molecular flexibility index (Phi) is 4.77. The molecule has 1 spiro atoms. The highest BCUT2D eigenvalue weighted by Crippen LogP contribution is 2.78. The number of ether oxygens (including phenoxy) is 4. The number of fused-ring (bicyclic) bond motifs is 3. The second kappa shape index (κ2) is 6.83. The van der Waals surface area contributed by atoms with Gasteiger partial charge in [0.2, 0.25) is 6.10 Å². The largest absolute Gasteiger partial charge is 0.466 e. The third kappa shape index (κ3) is 2.48. The number of rotatable bonds is 2. The monoisotopic (exact) mass is 476 g/mol. The molecule has 0 N–H and O–H groups in total. The molecule has 2 saturated heterocycles. The highest BCUT2D eigenvalue weighted by molar-refractivity contribution is 5.88. The minimum Gasteiger partial charge on any atom is -0.466 e. The fraction of sp³-hybridized carbons (Fsp3) is 0.846. The van der Waals surface area contributed by atoms with Gasteiger partial charge in [-0.1, -0.05) is 34.6 Å². The normalized spacial score (nSPS) is 50.5. The van der Waals surface area contributed by atoms with Crippen LogP contribution in [0.5, 0.6) is 0 Å². The van der Waals surface area contributed by atoms with Gasteiger partial charge in [-0.3, -0.25) is 9.59 Å². The third-order valence-corrected chi connectivity index (χ3v) is 10.9. The van der Waals surface area contributed by atoms with Crippen molar-refractivity contribution in [1.29, 1.82) is 0 Å². The van der Waals surface area contributed by atoms with Crippen molar-refractivity contribution in [2.45, 2.75) is 97.6 Å². The van der Waals surface area contributed by atoms with Crippen LogP contribution in [0, 0.1) is 33.5 Å². The molecule has 2 aliphatic heterocycles. The molecule has 9 atom stereocenters. The van der Waals surface area contributed by atoms with Crippen LogP contribution in [0.4, 0.5) is 0 Å². The summed E-state index contributed by atoms with van der Waals surface area (Å²) < 4.78 is 23.0. The second-order valence-corrected chi connectivity index (χ2v) is 12.4. The van der Waals surface area contributed by atoms with Crippen LogP contribution in [-0.4, -0.2) is 54.7 Å². The Morgan fingerprint density at radius 1 is 1.03 bits per heavy atom. The van der Waals surface area contributed by atoms with Crippen LogP contribution in [0.25, 0.3) is 0 Å². The number of Topliss-reactive ketones (excluding diaryl/α,β-unsaturated/α-hetero) is 1. The van der Waals surface area contributed by atoms with E-state index >= 15 is 0 Å². The Labute approximate surface area is 200 Å². The maximum absolute atomic E-state index is 13.0. The summed E-state index contributed by atoms with van der Waals surface area (Å²) in [5.41, 5.74) is -3.35. The summed E-state index contributed by atoms with van der Waals surface area (Å²) >= 11 is 0. The molecule has 3 saturated carbocycles. The van der Waals surface area contributed by atoms with Gasteiger partial charge in [0, 0.05) is 29.6 Å². The molecule has 5 rings (SSSR count). The average molecular weight is 477 g/mol. The summed E-state index contributed by atoms with van der Waals surface area (Å²) in [6.07, 6.45) is 0.629. The second-order valence-electron chi connectivity index (χ2n) is 12.4. The fourth-order valence-corrected chi connectivity index (χ4v) is 9.25. The minimum absolute atomic E-state index is 0.0218. The maximum atomic E-state index is 13.0. The van der Waals surface area contributed by atoms with Crippen LogP contribution in [0.1, 0.15) is 73.6 Å². The number of epoxide rings is 1. The molecule has 8 nitrogen and oxygen atoms in total. The Hall–Kier alpha value is -1.96. The smallest absolute Gasteiger partial charge is 0.347 e. The molecule has 34 heavy (non-hydrogen) atoms. The molecule has 0 bridgehead atoms. The number of hydrogen-bond donors (Lipinski definition) is 0. The zero-order chi connectivity index (χ0) is 25.1. The molecule has 2 heterocycles. The summed E-state index contributed by atoms with van der Waals surface area (Å²) in [5, 5.41) is 0. The summed E-state index contributed by atoms with van der Waals surface area (Å²) in [4.78, 5) is 51.1. The van der Waals surface area contributed by atoms with E-state index in [-0.39, 0.29) is 23.0 Å². The highest BCUT2D eigenvalue weighted by Gasteiger charge is 2.89. The van der Waals surface area contributed by atoms with Crippen molar-refractivity contribution in [1.82, 2.24) is 0 Å². The summed E-state index contributed by atoms with van der Waals surface area (Å²) in [6, 6.07) is 0. The number of cyclic esters (lactones) is 1. The van der Waals surface area contributed by atoms with Gasteiger partial charge < -0.3 is 18.9 Å². The molecule has 0 aromatic rings. The van der Waals surface area contributed by atoms with Gasteiger partial charge in [0.25, 0.3) is 0 Å². The van der Waals surface area contributed by atoms with E-state index in [9.17, 15) is 19.2 Å². The first kappa shape index (κ1) is 23.8. The lowest BCUT2D eigenvalue weighted by molar-refractivity contribution is -0.263. The number of hydrogen-bond acceptors (Lipinski definition) is 8. The van der Waals surface area contributed by atoms with Crippen LogP contribution in [0.15, 0.2) is 0 Å². The fourth-order valence-electron chi connectivity index (χ4n) is 9.25. The zero-order valence-corrected chi connectivity index (χ0v) is 21.2. The number of esters is 3. The van der Waals surface area contributed by atoms with Crippen LogP contribution in [0.2, 0.25) is 0 Å². The van der Waals surface area contributed by atoms with E-state index in [2.05, 4.69) is 13.8 Å². The summed E-state index contributed by atoms with van der Waals surface area (Å²) in [7, 11) is 1.29. The lowest BCUT2D eigenvalue weighted by Gasteiger charge is -2.69. The molecular weight excluding hydrogens is 440 g/mol. The van der Waals surface area contributed by atoms with Crippen LogP contribution >= 0.6 is 0 Å². The zero-order valence-electron chi connectivity index (χ0n) is 21.2. The van der Waals surface area contributed by atoms with E-state index < -0.39 is 58.1 Å². The van der Waals surface area contributed by atoms with Crippen molar-refractivity contribution < 1.29 is 38.1 Å². The van der Waals surface area contributed by atoms with Gasteiger partial charge in [0.1, 0.15) is 17.5 Å². The van der Waals surface area contributed by atoms with Crippen LogP contribution < -0.4 is 0 Å². The Bertz CT molecular complexity index is 987. The molecule has 3 aliphatic carbocycles. The lowest BCUT2D eigenvalue weighted by atomic mass is 9.35. The minimum atomic E-state index is -1.09. The van der Waals surface area contributed by atoms with Crippen molar-refractivity contribution in [2.75, 3.05) is 7.11 Å². The molecular formula is C26H36O8. The van der Waals surface area contributed by atoms with Crippen molar-refractivity contribution in [2.24, 2.45) is 33.5 Å². The van der Waals surface area contributed by atoms with Gasteiger partial charge in [-0.25, -0.2) is 9.59 Å². The first-order valence-corrected chi connectivity index (χ1v) is 12.4. The van der Waals surface area contributed by atoms with E-state index in [1.807, 2.05) is 20.8 Å². The van der Waals surface area contributed by atoms with Crippen molar-refractivity contribution >= 4 is 23.7 Å². The first-order chi connectivity index (χ1) is 15.7. The van der Waals surface area contributed by atoms with Gasteiger partial charge >= 0.3 is 17.9 Å². The van der Waals surface area contributed by atoms with E-state index in [1.54, 1.807) is 0 Å². The third-order valence-electron chi connectivity index (χ3n) is 10.9. The molecule has 8 heteroatoms. The quantitative estimate of drug-likeness (QED) is 0.340. The highest BCUT2D eigenvalue weighted by atomic mass is 16.7. The van der Waals surface area contributed by atoms with Crippen molar-refractivity contribution in [3.63, 3.8) is 0 Å². The Balaban J connectivity index is 1.69. The van der Waals surface area contributed by atoms with Gasteiger partial charge in [-0.05, 0) is 42.9 Å². The summed E-state index contributed by atoms with van der Waals surface area (Å²) in [5.74, 6) is -1.28. The molecule has 5 aliphatic rings. The standard InChI is InChI=1S/C26H36O8/c1-13(27)32-17-12-15-22(2,3)16(28)9-10-23(15,4)14-8-11-24(5)18(20(29)31-7)33-21(30)19-26(24,34-19)25(14,17)6/h14-15,17-19H,8-12H2,1-7H3/t14?,15?,17-,18+,19?,23-,24+,25+,26?/m1/s1. The predicted octanol–water partition coefficient (Wildman–Crippen LogP) is 2.99. The molecule has 4 unspecified atom stereocenters. The summed E-state index contributed by atoms with van der Waals surface area (Å²) in [6.45, 7) is 11.7. The molecule has 5 fully saturated rings. The van der Waals surface area contributed by atoms with E-state index in [4.69, 9.17) is 18.9 Å². The first-order valence-electron chi connectivity index (χ1n) is 12.4. The van der Waals surface area contributed by atoms with Gasteiger partial charge in [-0.2, -0.15) is 0 Å². The van der Waals surface area contributed by atoms with Crippen molar-refractivity contribution in [3.8, 4) is 0 Å². The maximum Gasteiger partial charge on any atom is 0.347 e. The van der Waals surface area contributed by atoms with E-state index in [0.29, 0.717) is 19.3 Å². The lowest BCUT2D eigenvalue weighted by Crippen LogP contribution is -2.75. The number of carbonyl (C=O) groups excluding carboxylic acids is 4. The number of methoxy groups -OCH3 is 1. The van der Waals surface area contributed by atoms with Gasteiger partial charge in [0.15, 0.2) is 6.10 Å². The van der Waals surface area contributed by atoms with E-state index in [1.165, 1.54) is 14.0 Å².